The molecule has 1 heteroatoms. The maximum absolute atomic E-state index is 3.76. The molecule has 0 heterocycles. The van der Waals surface area contributed by atoms with Crippen molar-refractivity contribution >= 4 is 5.69 Å². The fourth-order valence-electron chi connectivity index (χ4n) is 2.15. The number of nitrogens with zero attached hydrogens (tertiary/aromatic N) is 1. The van der Waals surface area contributed by atoms with Crippen molar-refractivity contribution in [3.8, 4) is 0 Å². The van der Waals surface area contributed by atoms with Gasteiger partial charge in [-0.2, -0.15) is 0 Å². The first-order chi connectivity index (χ1) is 10.7. The highest BCUT2D eigenvalue weighted by atomic mass is 15.1. The summed E-state index contributed by atoms with van der Waals surface area (Å²) < 4.78 is 0. The molecule has 0 aliphatic heterocycles. The molecule has 1 rings (SSSR count). The van der Waals surface area contributed by atoms with E-state index >= 15 is 0 Å². The molecule has 0 aliphatic rings. The second-order valence-electron chi connectivity index (χ2n) is 5.00. The number of hydrogen-bond donors (Lipinski definition) is 0. The maximum atomic E-state index is 3.76. The molecule has 1 aromatic carbocycles. The van der Waals surface area contributed by atoms with Crippen LogP contribution >= 0.6 is 0 Å². The monoisotopic (exact) mass is 293 g/mol. The normalized spacial score (nSPS) is 13.1. The van der Waals surface area contributed by atoms with Gasteiger partial charge in [-0.1, -0.05) is 61.6 Å². The lowest BCUT2D eigenvalue weighted by Gasteiger charge is -2.27. The molecule has 0 N–H and O–H groups in total. The molecule has 0 spiro atoms. The van der Waals surface area contributed by atoms with Gasteiger partial charge in [-0.05, 0) is 51.5 Å². The van der Waals surface area contributed by atoms with E-state index in [4.69, 9.17) is 0 Å². The standard InChI is InChI=1S/C21H27N/c1-6-10-12-19(8-3)22(20(9-4)13-11-7-2)21-16-14-18(5)15-17-21/h6,8-17H,1,7H2,2-5H3/b12-10-,13-11-,19-8+,20-9+. The third-order valence-corrected chi connectivity index (χ3v) is 3.33. The summed E-state index contributed by atoms with van der Waals surface area (Å²) in [6, 6.07) is 8.60. The first-order valence-corrected chi connectivity index (χ1v) is 7.83. The molecule has 0 fully saturated rings. The lowest BCUT2D eigenvalue weighted by atomic mass is 10.1. The number of rotatable bonds is 7. The first kappa shape index (κ1) is 17.8. The summed E-state index contributed by atoms with van der Waals surface area (Å²) in [5.74, 6) is 0. The molecule has 0 amide bonds. The first-order valence-electron chi connectivity index (χ1n) is 7.83. The van der Waals surface area contributed by atoms with Gasteiger partial charge in [-0.15, -0.1) is 0 Å². The molecule has 0 radical (unpaired) electrons. The average Bonchev–Trinajstić information content (AvgIpc) is 2.55. The van der Waals surface area contributed by atoms with Crippen molar-refractivity contribution in [2.45, 2.75) is 34.1 Å². The third-order valence-electron chi connectivity index (χ3n) is 3.33. The minimum absolute atomic E-state index is 1.02. The minimum atomic E-state index is 1.02. The summed E-state index contributed by atoms with van der Waals surface area (Å²) in [5.41, 5.74) is 4.70. The molecule has 22 heavy (non-hydrogen) atoms. The van der Waals surface area contributed by atoms with Crippen LogP contribution in [0.4, 0.5) is 5.69 Å². The van der Waals surface area contributed by atoms with Gasteiger partial charge in [0.15, 0.2) is 0 Å². The van der Waals surface area contributed by atoms with Crippen LogP contribution in [-0.2, 0) is 0 Å². The quantitative estimate of drug-likeness (QED) is 0.532. The van der Waals surface area contributed by atoms with Gasteiger partial charge in [0, 0.05) is 17.1 Å². The van der Waals surface area contributed by atoms with E-state index in [1.54, 1.807) is 6.08 Å². The van der Waals surface area contributed by atoms with E-state index in [1.807, 2.05) is 6.08 Å². The van der Waals surface area contributed by atoms with Crippen LogP contribution in [0.25, 0.3) is 0 Å². The van der Waals surface area contributed by atoms with Crippen molar-refractivity contribution in [1.82, 2.24) is 0 Å². The van der Waals surface area contributed by atoms with Crippen LogP contribution in [-0.4, -0.2) is 0 Å². The summed E-state index contributed by atoms with van der Waals surface area (Å²) in [6.07, 6.45) is 15.5. The second-order valence-corrected chi connectivity index (χ2v) is 5.00. The Hall–Kier alpha value is -2.28. The zero-order valence-corrected chi connectivity index (χ0v) is 14.2. The Morgan fingerprint density at radius 3 is 2.14 bits per heavy atom. The van der Waals surface area contributed by atoms with Gasteiger partial charge in [-0.25, -0.2) is 0 Å². The van der Waals surface area contributed by atoms with Crippen molar-refractivity contribution in [1.29, 1.82) is 0 Å². The largest absolute Gasteiger partial charge is 0.311 e. The number of allylic oxidation sites excluding steroid dienone is 7. The average molecular weight is 293 g/mol. The lowest BCUT2D eigenvalue weighted by Crippen LogP contribution is -2.19. The lowest BCUT2D eigenvalue weighted by molar-refractivity contribution is 1.11. The number of hydrogen-bond acceptors (Lipinski definition) is 1. The van der Waals surface area contributed by atoms with E-state index in [2.05, 4.69) is 93.8 Å². The predicted octanol–water partition coefficient (Wildman–Crippen LogP) is 6.32. The van der Waals surface area contributed by atoms with Crippen LogP contribution in [0.2, 0.25) is 0 Å². The zero-order valence-electron chi connectivity index (χ0n) is 14.2. The Bertz CT molecular complexity index is 583. The maximum Gasteiger partial charge on any atom is 0.0461 e. The Balaban J connectivity index is 3.36. The topological polar surface area (TPSA) is 3.24 Å². The fourth-order valence-corrected chi connectivity index (χ4v) is 2.15. The molecule has 0 aliphatic carbocycles. The fraction of sp³-hybridized carbons (Fsp3) is 0.238. The predicted molar refractivity (Wildman–Crippen MR) is 99.9 cm³/mol. The molecule has 0 aromatic heterocycles. The van der Waals surface area contributed by atoms with Gasteiger partial charge < -0.3 is 4.90 Å². The Labute approximate surface area is 135 Å². The molecular weight excluding hydrogens is 266 g/mol. The van der Waals surface area contributed by atoms with E-state index in [-0.39, 0.29) is 0 Å². The van der Waals surface area contributed by atoms with E-state index in [9.17, 15) is 0 Å². The summed E-state index contributed by atoms with van der Waals surface area (Å²) in [4.78, 5) is 2.26. The van der Waals surface area contributed by atoms with Gasteiger partial charge in [0.05, 0.1) is 0 Å². The third kappa shape index (κ3) is 4.92. The second kappa shape index (κ2) is 9.62. The van der Waals surface area contributed by atoms with Crippen LogP contribution in [0.3, 0.4) is 0 Å². The highest BCUT2D eigenvalue weighted by molar-refractivity contribution is 5.63. The van der Waals surface area contributed by atoms with Gasteiger partial charge >= 0.3 is 0 Å². The van der Waals surface area contributed by atoms with Crippen molar-refractivity contribution in [3.63, 3.8) is 0 Å². The Morgan fingerprint density at radius 2 is 1.64 bits per heavy atom. The van der Waals surface area contributed by atoms with E-state index < -0.39 is 0 Å². The summed E-state index contributed by atoms with van der Waals surface area (Å²) >= 11 is 0. The SMILES string of the molecule is C=C/C=C\C(=C/C)N(C(/C=C\CC)=C/C)c1ccc(C)cc1. The van der Waals surface area contributed by atoms with Crippen LogP contribution in [0.5, 0.6) is 0 Å². The van der Waals surface area contributed by atoms with Gasteiger partial charge in [0.25, 0.3) is 0 Å². The van der Waals surface area contributed by atoms with Crippen LogP contribution in [0.15, 0.2) is 84.8 Å². The summed E-state index contributed by atoms with van der Waals surface area (Å²) in [7, 11) is 0. The number of anilines is 1. The van der Waals surface area contributed by atoms with Crippen LogP contribution in [0.1, 0.15) is 32.8 Å². The Kier molecular flexibility index (Phi) is 7.77. The smallest absolute Gasteiger partial charge is 0.0461 e. The molecular formula is C21H27N. The van der Waals surface area contributed by atoms with Crippen LogP contribution in [0, 0.1) is 6.92 Å². The molecule has 116 valence electrons. The zero-order chi connectivity index (χ0) is 16.4. The van der Waals surface area contributed by atoms with Crippen molar-refractivity contribution in [2.24, 2.45) is 0 Å². The summed E-state index contributed by atoms with van der Waals surface area (Å²) in [6.45, 7) is 12.1. The van der Waals surface area contributed by atoms with Crippen molar-refractivity contribution in [3.05, 3.63) is 90.3 Å². The Morgan fingerprint density at radius 1 is 1.05 bits per heavy atom. The summed E-state index contributed by atoms with van der Waals surface area (Å²) in [5, 5.41) is 0. The molecule has 0 bridgehead atoms. The molecule has 0 unspecified atom stereocenters. The molecule has 1 aromatic rings. The van der Waals surface area contributed by atoms with Crippen molar-refractivity contribution < 1.29 is 0 Å². The van der Waals surface area contributed by atoms with Gasteiger partial charge in [0.1, 0.15) is 0 Å². The molecule has 1 nitrogen and oxygen atoms in total. The highest BCUT2D eigenvalue weighted by Crippen LogP contribution is 2.26. The molecule has 0 saturated carbocycles. The van der Waals surface area contributed by atoms with Gasteiger partial charge in [0.2, 0.25) is 0 Å². The van der Waals surface area contributed by atoms with Gasteiger partial charge in [-0.3, -0.25) is 0 Å². The van der Waals surface area contributed by atoms with E-state index in [0.717, 1.165) is 23.5 Å². The van der Waals surface area contributed by atoms with Crippen molar-refractivity contribution in [2.75, 3.05) is 4.90 Å². The molecule has 0 saturated heterocycles. The minimum Gasteiger partial charge on any atom is -0.311 e. The van der Waals surface area contributed by atoms with Crippen LogP contribution < -0.4 is 4.90 Å². The highest BCUT2D eigenvalue weighted by Gasteiger charge is 2.12. The number of aryl methyl sites for hydroxylation is 1. The number of benzene rings is 1. The van der Waals surface area contributed by atoms with E-state index in [0.29, 0.717) is 0 Å². The molecule has 0 atom stereocenters. The van der Waals surface area contributed by atoms with E-state index in [1.165, 1.54) is 5.56 Å².